The van der Waals surface area contributed by atoms with Crippen molar-refractivity contribution >= 4 is 23.5 Å². The molecule has 0 bridgehead atoms. The Labute approximate surface area is 119 Å². The second-order valence-electron chi connectivity index (χ2n) is 5.17. The predicted octanol–water partition coefficient (Wildman–Crippen LogP) is 1.34. The molecule has 7 heteroatoms. The van der Waals surface area contributed by atoms with Crippen LogP contribution in [0.3, 0.4) is 0 Å². The summed E-state index contributed by atoms with van der Waals surface area (Å²) in [4.78, 5) is 17.0. The monoisotopic (exact) mass is 284 g/mol. The van der Waals surface area contributed by atoms with Gasteiger partial charge in [0, 0.05) is 26.7 Å². The fraction of sp³-hybridized carbons (Fsp3) is 0.750. The van der Waals surface area contributed by atoms with E-state index in [2.05, 4.69) is 44.2 Å². The zero-order chi connectivity index (χ0) is 13.8. The van der Waals surface area contributed by atoms with Gasteiger partial charge in [-0.05, 0) is 44.5 Å². The molecule has 19 heavy (non-hydrogen) atoms. The molecule has 0 atom stereocenters. The lowest BCUT2D eigenvalue weighted by atomic mass is 9.97. The number of nitrogens with zero attached hydrogens (tertiary/aromatic N) is 5. The average Bonchev–Trinajstić information content (AvgIpc) is 2.38. The van der Waals surface area contributed by atoms with Crippen LogP contribution < -0.4 is 10.2 Å². The maximum Gasteiger partial charge on any atom is 0.231 e. The largest absolute Gasteiger partial charge is 0.357 e. The van der Waals surface area contributed by atoms with Crippen molar-refractivity contribution in [3.05, 3.63) is 5.28 Å². The summed E-state index contributed by atoms with van der Waals surface area (Å²) >= 11 is 5.91. The first kappa shape index (κ1) is 14.3. The van der Waals surface area contributed by atoms with Crippen molar-refractivity contribution in [2.45, 2.75) is 12.8 Å². The first-order chi connectivity index (χ1) is 9.08. The Morgan fingerprint density at radius 3 is 2.53 bits per heavy atom. The molecule has 0 aromatic carbocycles. The Bertz CT molecular complexity index is 417. The summed E-state index contributed by atoms with van der Waals surface area (Å²) in [7, 11) is 6.02. The SMILES string of the molecule is CNc1nc(Cl)nc(N2CCC(CN(C)C)CC2)n1. The topological polar surface area (TPSA) is 57.2 Å². The Kier molecular flexibility index (Phi) is 4.76. The van der Waals surface area contributed by atoms with Crippen LogP contribution in [-0.4, -0.2) is 60.6 Å². The summed E-state index contributed by atoms with van der Waals surface area (Å²) in [5, 5.41) is 3.14. The molecule has 1 fully saturated rings. The van der Waals surface area contributed by atoms with Gasteiger partial charge in [0.1, 0.15) is 0 Å². The summed E-state index contributed by atoms with van der Waals surface area (Å²) in [5.74, 6) is 1.95. The van der Waals surface area contributed by atoms with Crippen molar-refractivity contribution in [3.63, 3.8) is 0 Å². The normalized spacial score (nSPS) is 17.0. The highest BCUT2D eigenvalue weighted by molar-refractivity contribution is 6.28. The molecule has 1 N–H and O–H groups in total. The Balaban J connectivity index is 1.99. The van der Waals surface area contributed by atoms with Gasteiger partial charge in [0.25, 0.3) is 0 Å². The van der Waals surface area contributed by atoms with Crippen molar-refractivity contribution in [2.24, 2.45) is 5.92 Å². The lowest BCUT2D eigenvalue weighted by Crippen LogP contribution is -2.38. The maximum atomic E-state index is 5.91. The molecule has 0 aliphatic carbocycles. The number of rotatable bonds is 4. The highest BCUT2D eigenvalue weighted by atomic mass is 35.5. The molecule has 0 spiro atoms. The maximum absolute atomic E-state index is 5.91. The number of hydrogen-bond acceptors (Lipinski definition) is 6. The van der Waals surface area contributed by atoms with Crippen molar-refractivity contribution in [2.75, 3.05) is 51.0 Å². The summed E-state index contributed by atoms with van der Waals surface area (Å²) in [6.45, 7) is 3.09. The average molecular weight is 285 g/mol. The molecule has 0 amide bonds. The van der Waals surface area contributed by atoms with Crippen LogP contribution >= 0.6 is 11.6 Å². The van der Waals surface area contributed by atoms with E-state index < -0.39 is 0 Å². The third kappa shape index (κ3) is 3.91. The molecule has 2 heterocycles. The van der Waals surface area contributed by atoms with Gasteiger partial charge in [-0.2, -0.15) is 15.0 Å². The van der Waals surface area contributed by atoms with E-state index in [1.165, 1.54) is 0 Å². The van der Waals surface area contributed by atoms with E-state index in [0.717, 1.165) is 38.4 Å². The third-order valence-corrected chi connectivity index (χ3v) is 3.51. The molecule has 2 rings (SSSR count). The predicted molar refractivity (Wildman–Crippen MR) is 77.9 cm³/mol. The van der Waals surface area contributed by atoms with Crippen LogP contribution in [0, 0.1) is 5.92 Å². The molecule has 1 aliphatic heterocycles. The van der Waals surface area contributed by atoms with E-state index in [0.29, 0.717) is 11.9 Å². The smallest absolute Gasteiger partial charge is 0.231 e. The number of nitrogens with one attached hydrogen (secondary N) is 1. The Morgan fingerprint density at radius 2 is 1.95 bits per heavy atom. The second-order valence-corrected chi connectivity index (χ2v) is 5.51. The molecule has 6 nitrogen and oxygen atoms in total. The molecule has 106 valence electrons. The number of aromatic nitrogens is 3. The molecule has 1 aromatic rings. The van der Waals surface area contributed by atoms with E-state index in [4.69, 9.17) is 11.6 Å². The van der Waals surface area contributed by atoms with Crippen LogP contribution in [0.2, 0.25) is 5.28 Å². The number of anilines is 2. The summed E-state index contributed by atoms with van der Waals surface area (Å²) in [6, 6.07) is 0. The van der Waals surface area contributed by atoms with Crippen LogP contribution in [0.15, 0.2) is 0 Å². The van der Waals surface area contributed by atoms with Crippen molar-refractivity contribution in [1.29, 1.82) is 0 Å². The quantitative estimate of drug-likeness (QED) is 0.901. The third-order valence-electron chi connectivity index (χ3n) is 3.34. The molecule has 1 aliphatic rings. The van der Waals surface area contributed by atoms with E-state index in [9.17, 15) is 0 Å². The summed E-state index contributed by atoms with van der Waals surface area (Å²) in [5.41, 5.74) is 0. The Morgan fingerprint density at radius 1 is 1.26 bits per heavy atom. The number of hydrogen-bond donors (Lipinski definition) is 1. The zero-order valence-corrected chi connectivity index (χ0v) is 12.5. The number of piperidine rings is 1. The lowest BCUT2D eigenvalue weighted by Gasteiger charge is -2.33. The van der Waals surface area contributed by atoms with Crippen LogP contribution in [0.25, 0.3) is 0 Å². The molecule has 0 unspecified atom stereocenters. The van der Waals surface area contributed by atoms with Gasteiger partial charge in [-0.25, -0.2) is 0 Å². The van der Waals surface area contributed by atoms with Gasteiger partial charge in [0.05, 0.1) is 0 Å². The van der Waals surface area contributed by atoms with Crippen molar-refractivity contribution < 1.29 is 0 Å². The molecule has 0 saturated carbocycles. The van der Waals surface area contributed by atoms with E-state index in [1.807, 2.05) is 0 Å². The van der Waals surface area contributed by atoms with Gasteiger partial charge < -0.3 is 15.1 Å². The highest BCUT2D eigenvalue weighted by Crippen LogP contribution is 2.22. The summed E-state index contributed by atoms with van der Waals surface area (Å²) in [6.07, 6.45) is 2.33. The van der Waals surface area contributed by atoms with Crippen LogP contribution in [0.1, 0.15) is 12.8 Å². The fourth-order valence-corrected chi connectivity index (χ4v) is 2.58. The first-order valence-corrected chi connectivity index (χ1v) is 6.95. The minimum absolute atomic E-state index is 0.241. The van der Waals surface area contributed by atoms with Gasteiger partial charge >= 0.3 is 0 Å². The highest BCUT2D eigenvalue weighted by Gasteiger charge is 2.22. The second kappa shape index (κ2) is 6.34. The lowest BCUT2D eigenvalue weighted by molar-refractivity contribution is 0.284. The van der Waals surface area contributed by atoms with E-state index >= 15 is 0 Å². The first-order valence-electron chi connectivity index (χ1n) is 6.57. The van der Waals surface area contributed by atoms with Gasteiger partial charge in [0.2, 0.25) is 17.2 Å². The standard InChI is InChI=1S/C12H21ClN6/c1-14-11-15-10(13)16-12(17-11)19-6-4-9(5-7-19)8-18(2)3/h9H,4-8H2,1-3H3,(H,14,15,16,17). The van der Waals surface area contributed by atoms with Crippen molar-refractivity contribution in [3.8, 4) is 0 Å². The van der Waals surface area contributed by atoms with Crippen LogP contribution in [0.5, 0.6) is 0 Å². The minimum atomic E-state index is 0.241. The van der Waals surface area contributed by atoms with Crippen LogP contribution in [0.4, 0.5) is 11.9 Å². The van der Waals surface area contributed by atoms with Gasteiger partial charge in [-0.3, -0.25) is 0 Å². The zero-order valence-electron chi connectivity index (χ0n) is 11.7. The van der Waals surface area contributed by atoms with Crippen molar-refractivity contribution in [1.82, 2.24) is 19.9 Å². The van der Waals surface area contributed by atoms with E-state index in [1.54, 1.807) is 7.05 Å². The van der Waals surface area contributed by atoms with Gasteiger partial charge in [-0.1, -0.05) is 0 Å². The van der Waals surface area contributed by atoms with E-state index in [-0.39, 0.29) is 5.28 Å². The molecule has 1 saturated heterocycles. The minimum Gasteiger partial charge on any atom is -0.357 e. The molecule has 0 radical (unpaired) electrons. The molecule has 1 aromatic heterocycles. The van der Waals surface area contributed by atoms with Gasteiger partial charge in [0.15, 0.2) is 0 Å². The molecular weight excluding hydrogens is 264 g/mol. The van der Waals surface area contributed by atoms with Gasteiger partial charge in [-0.15, -0.1) is 0 Å². The Hall–Kier alpha value is -1.14. The van der Waals surface area contributed by atoms with Crippen LogP contribution in [-0.2, 0) is 0 Å². The molecular formula is C12H21ClN6. The summed E-state index contributed by atoms with van der Waals surface area (Å²) < 4.78 is 0. The number of halogens is 1. The fourth-order valence-electron chi connectivity index (χ4n) is 2.42.